The van der Waals surface area contributed by atoms with Gasteiger partial charge in [-0.05, 0) is 36.4 Å². The molecule has 1 aromatic heterocycles. The number of nitrogens with one attached hydrogen (secondary N) is 2. The summed E-state index contributed by atoms with van der Waals surface area (Å²) in [7, 11) is 1.59. The first-order valence-corrected chi connectivity index (χ1v) is 9.13. The summed E-state index contributed by atoms with van der Waals surface area (Å²) in [6, 6.07) is 14.7. The molecule has 0 unspecified atom stereocenters. The molecule has 0 radical (unpaired) electrons. The Morgan fingerprint density at radius 2 is 1.82 bits per heavy atom. The van der Waals surface area contributed by atoms with Crippen LogP contribution >= 0.6 is 0 Å². The fourth-order valence-electron chi connectivity index (χ4n) is 2.83. The second kappa shape index (κ2) is 8.56. The molecule has 7 nitrogen and oxygen atoms in total. The maximum atomic E-state index is 12.6. The number of carbonyl (C=O) groups excluding carboxylic acids is 2. The van der Waals surface area contributed by atoms with Crippen molar-refractivity contribution in [2.24, 2.45) is 5.92 Å². The highest BCUT2D eigenvalue weighted by molar-refractivity contribution is 5.91. The molecule has 3 rings (SSSR count). The molecule has 2 aromatic carbocycles. The highest BCUT2D eigenvalue weighted by atomic mass is 16.5. The molecular weight excluding hydrogens is 356 g/mol. The van der Waals surface area contributed by atoms with Crippen LogP contribution in [0.15, 0.2) is 48.5 Å². The molecule has 1 heterocycles. The molecule has 0 fully saturated rings. The number of carbonyl (C=O) groups is 2. The number of para-hydroxylation sites is 2. The Bertz CT molecular complexity index is 977. The van der Waals surface area contributed by atoms with Crippen LogP contribution in [0.3, 0.4) is 0 Å². The van der Waals surface area contributed by atoms with Crippen LogP contribution < -0.4 is 15.4 Å². The summed E-state index contributed by atoms with van der Waals surface area (Å²) in [6.45, 7) is 4.03. The molecule has 3 aromatic rings. The molecule has 0 saturated carbocycles. The van der Waals surface area contributed by atoms with Crippen LogP contribution in [0.25, 0.3) is 11.0 Å². The van der Waals surface area contributed by atoms with E-state index in [4.69, 9.17) is 4.74 Å². The van der Waals surface area contributed by atoms with Crippen LogP contribution in [-0.4, -0.2) is 28.5 Å². The normalized spacial score (nSPS) is 10.9. The van der Waals surface area contributed by atoms with Crippen LogP contribution in [-0.2, 0) is 22.7 Å². The number of imidazole rings is 1. The van der Waals surface area contributed by atoms with Crippen molar-refractivity contribution in [3.63, 3.8) is 0 Å². The van der Waals surface area contributed by atoms with Crippen LogP contribution in [0.1, 0.15) is 19.7 Å². The number of fused-ring (bicyclic) bond motifs is 1. The summed E-state index contributed by atoms with van der Waals surface area (Å²) in [5, 5.41) is 5.74. The number of ether oxygens (including phenoxy) is 1. The van der Waals surface area contributed by atoms with Gasteiger partial charge in [0.25, 0.3) is 0 Å². The molecular formula is C21H24N4O3. The number of benzene rings is 2. The number of amides is 2. The second-order valence-corrected chi connectivity index (χ2v) is 6.75. The zero-order valence-corrected chi connectivity index (χ0v) is 16.2. The second-order valence-electron chi connectivity index (χ2n) is 6.75. The molecule has 2 amide bonds. The van der Waals surface area contributed by atoms with E-state index in [0.717, 1.165) is 16.8 Å². The molecule has 146 valence electrons. The predicted molar refractivity (Wildman–Crippen MR) is 108 cm³/mol. The summed E-state index contributed by atoms with van der Waals surface area (Å²) < 4.78 is 6.95. The minimum atomic E-state index is -0.176. The molecule has 0 aliphatic rings. The van der Waals surface area contributed by atoms with Crippen LogP contribution in [0, 0.1) is 5.92 Å². The smallest absolute Gasteiger partial charge is 0.244 e. The van der Waals surface area contributed by atoms with E-state index in [-0.39, 0.29) is 30.8 Å². The van der Waals surface area contributed by atoms with Crippen molar-refractivity contribution in [2.45, 2.75) is 26.9 Å². The summed E-state index contributed by atoms with van der Waals surface area (Å²) in [5.74, 6) is 1.02. The van der Waals surface area contributed by atoms with Gasteiger partial charge in [0.15, 0.2) is 0 Å². The first kappa shape index (κ1) is 19.4. The number of nitrogens with zero attached hydrogens (tertiary/aromatic N) is 2. The Kier molecular flexibility index (Phi) is 5.93. The van der Waals surface area contributed by atoms with Crippen molar-refractivity contribution >= 4 is 28.5 Å². The van der Waals surface area contributed by atoms with Crippen molar-refractivity contribution < 1.29 is 14.3 Å². The van der Waals surface area contributed by atoms with Gasteiger partial charge in [-0.3, -0.25) is 9.59 Å². The van der Waals surface area contributed by atoms with Gasteiger partial charge in [-0.25, -0.2) is 4.98 Å². The quantitative estimate of drug-likeness (QED) is 0.660. The number of rotatable bonds is 7. The minimum Gasteiger partial charge on any atom is -0.497 e. The van der Waals surface area contributed by atoms with E-state index in [0.29, 0.717) is 11.5 Å². The van der Waals surface area contributed by atoms with Gasteiger partial charge in [0.1, 0.15) is 18.1 Å². The highest BCUT2D eigenvalue weighted by Crippen LogP contribution is 2.18. The highest BCUT2D eigenvalue weighted by Gasteiger charge is 2.15. The lowest BCUT2D eigenvalue weighted by atomic mass is 10.2. The predicted octanol–water partition coefficient (Wildman–Crippen LogP) is 2.96. The van der Waals surface area contributed by atoms with Gasteiger partial charge in [-0.15, -0.1) is 0 Å². The van der Waals surface area contributed by atoms with E-state index in [1.807, 2.05) is 42.7 Å². The van der Waals surface area contributed by atoms with Gasteiger partial charge in [-0.1, -0.05) is 26.0 Å². The lowest BCUT2D eigenvalue weighted by Crippen LogP contribution is -2.29. The molecule has 0 atom stereocenters. The Hall–Kier alpha value is -3.35. The topological polar surface area (TPSA) is 85.2 Å². The van der Waals surface area contributed by atoms with Crippen LogP contribution in [0.5, 0.6) is 5.75 Å². The van der Waals surface area contributed by atoms with E-state index in [1.54, 1.807) is 31.4 Å². The molecule has 2 N–H and O–H groups in total. The van der Waals surface area contributed by atoms with E-state index in [1.165, 1.54) is 0 Å². The Morgan fingerprint density at radius 3 is 2.50 bits per heavy atom. The number of anilines is 1. The third kappa shape index (κ3) is 4.49. The lowest BCUT2D eigenvalue weighted by molar-refractivity contribution is -0.124. The van der Waals surface area contributed by atoms with Crippen molar-refractivity contribution in [1.29, 1.82) is 0 Å². The Labute approximate surface area is 163 Å². The fourth-order valence-corrected chi connectivity index (χ4v) is 2.83. The number of hydrogen-bond acceptors (Lipinski definition) is 4. The molecule has 7 heteroatoms. The van der Waals surface area contributed by atoms with Crippen molar-refractivity contribution in [1.82, 2.24) is 14.9 Å². The van der Waals surface area contributed by atoms with Gasteiger partial charge in [0, 0.05) is 11.6 Å². The standard InChI is InChI=1S/C21H24N4O3/c1-14(2)21(27)22-12-19-24-17-6-4-5-7-18(17)25(19)13-20(26)23-15-8-10-16(28-3)11-9-15/h4-11,14H,12-13H2,1-3H3,(H,22,27)(H,23,26). The van der Waals surface area contributed by atoms with Gasteiger partial charge in [0.05, 0.1) is 24.7 Å². The SMILES string of the molecule is COc1ccc(NC(=O)Cn2c(CNC(=O)C(C)C)nc3ccccc32)cc1. The summed E-state index contributed by atoms with van der Waals surface area (Å²) in [6.07, 6.45) is 0. The Balaban J connectivity index is 1.78. The van der Waals surface area contributed by atoms with Gasteiger partial charge in [-0.2, -0.15) is 0 Å². The molecule has 28 heavy (non-hydrogen) atoms. The maximum absolute atomic E-state index is 12.6. The number of methoxy groups -OCH3 is 1. The average Bonchev–Trinajstić information content (AvgIpc) is 3.04. The minimum absolute atomic E-state index is 0.0544. The third-order valence-electron chi connectivity index (χ3n) is 4.35. The molecule has 0 aliphatic carbocycles. The first-order chi connectivity index (χ1) is 13.5. The van der Waals surface area contributed by atoms with E-state index in [2.05, 4.69) is 15.6 Å². The van der Waals surface area contributed by atoms with Crippen molar-refractivity contribution in [3.05, 3.63) is 54.4 Å². The summed E-state index contributed by atoms with van der Waals surface area (Å²) in [4.78, 5) is 29.1. The van der Waals surface area contributed by atoms with E-state index in [9.17, 15) is 9.59 Å². The lowest BCUT2D eigenvalue weighted by Gasteiger charge is -2.12. The fraction of sp³-hybridized carbons (Fsp3) is 0.286. The van der Waals surface area contributed by atoms with E-state index < -0.39 is 0 Å². The molecule has 0 aliphatic heterocycles. The maximum Gasteiger partial charge on any atom is 0.244 e. The summed E-state index contributed by atoms with van der Waals surface area (Å²) in [5.41, 5.74) is 2.32. The average molecular weight is 380 g/mol. The van der Waals surface area contributed by atoms with Gasteiger partial charge >= 0.3 is 0 Å². The molecule has 0 spiro atoms. The zero-order valence-electron chi connectivity index (χ0n) is 16.2. The van der Waals surface area contributed by atoms with E-state index >= 15 is 0 Å². The van der Waals surface area contributed by atoms with Crippen molar-refractivity contribution in [2.75, 3.05) is 12.4 Å². The monoisotopic (exact) mass is 380 g/mol. The molecule has 0 bridgehead atoms. The van der Waals surface area contributed by atoms with Gasteiger partial charge in [0.2, 0.25) is 11.8 Å². The van der Waals surface area contributed by atoms with Gasteiger partial charge < -0.3 is 19.9 Å². The van der Waals surface area contributed by atoms with Crippen LogP contribution in [0.2, 0.25) is 0 Å². The number of hydrogen-bond donors (Lipinski definition) is 2. The third-order valence-corrected chi connectivity index (χ3v) is 4.35. The number of aromatic nitrogens is 2. The van der Waals surface area contributed by atoms with Crippen LogP contribution in [0.4, 0.5) is 5.69 Å². The largest absolute Gasteiger partial charge is 0.497 e. The zero-order chi connectivity index (χ0) is 20.1. The first-order valence-electron chi connectivity index (χ1n) is 9.13. The van der Waals surface area contributed by atoms with Crippen molar-refractivity contribution in [3.8, 4) is 5.75 Å². The molecule has 0 saturated heterocycles. The summed E-state index contributed by atoms with van der Waals surface area (Å²) >= 11 is 0. The Morgan fingerprint density at radius 1 is 1.11 bits per heavy atom.